The minimum Gasteiger partial charge on any atom is -0.376 e. The number of amides is 1. The van der Waals surface area contributed by atoms with Crippen LogP contribution in [-0.4, -0.2) is 36.2 Å². The van der Waals surface area contributed by atoms with Gasteiger partial charge in [-0.1, -0.05) is 0 Å². The second-order valence-electron chi connectivity index (χ2n) is 4.40. The van der Waals surface area contributed by atoms with E-state index in [-0.39, 0.29) is 18.1 Å². The standard InChI is InChI=1S/C13H19N3O2/c1-3-14-12-8-10(4-6-15-12)13(17)16-11-5-7-18-9(11)2/h4,6,8-9,11H,3,5,7H2,1-2H3,(H,14,15)(H,16,17). The van der Waals surface area contributed by atoms with E-state index in [4.69, 9.17) is 4.74 Å². The van der Waals surface area contributed by atoms with Gasteiger partial charge in [-0.3, -0.25) is 4.79 Å². The van der Waals surface area contributed by atoms with Gasteiger partial charge in [-0.15, -0.1) is 0 Å². The van der Waals surface area contributed by atoms with Crippen molar-refractivity contribution in [1.29, 1.82) is 0 Å². The molecule has 2 unspecified atom stereocenters. The Morgan fingerprint density at radius 2 is 2.44 bits per heavy atom. The third-order valence-corrected chi connectivity index (χ3v) is 3.07. The van der Waals surface area contributed by atoms with E-state index in [0.717, 1.165) is 18.8 Å². The van der Waals surface area contributed by atoms with Crippen LogP contribution >= 0.6 is 0 Å². The summed E-state index contributed by atoms with van der Waals surface area (Å²) in [6, 6.07) is 3.59. The highest BCUT2D eigenvalue weighted by Crippen LogP contribution is 2.14. The smallest absolute Gasteiger partial charge is 0.251 e. The van der Waals surface area contributed by atoms with E-state index in [1.54, 1.807) is 18.3 Å². The lowest BCUT2D eigenvalue weighted by atomic mass is 10.1. The second kappa shape index (κ2) is 5.82. The first-order chi connectivity index (χ1) is 8.70. The lowest BCUT2D eigenvalue weighted by molar-refractivity contribution is 0.0866. The summed E-state index contributed by atoms with van der Waals surface area (Å²) in [6.45, 7) is 5.47. The summed E-state index contributed by atoms with van der Waals surface area (Å²) in [5.74, 6) is 0.653. The third kappa shape index (κ3) is 2.98. The van der Waals surface area contributed by atoms with E-state index in [9.17, 15) is 4.79 Å². The Kier molecular flexibility index (Phi) is 4.15. The molecule has 2 rings (SSSR count). The average Bonchev–Trinajstić information content (AvgIpc) is 2.76. The molecule has 5 nitrogen and oxygen atoms in total. The number of ether oxygens (including phenoxy) is 1. The molecule has 0 aromatic carbocycles. The molecule has 0 bridgehead atoms. The number of aromatic nitrogens is 1. The molecule has 1 fully saturated rings. The number of hydrogen-bond acceptors (Lipinski definition) is 4. The minimum absolute atomic E-state index is 0.0705. The quantitative estimate of drug-likeness (QED) is 0.847. The topological polar surface area (TPSA) is 63.2 Å². The van der Waals surface area contributed by atoms with Crippen LogP contribution in [0.25, 0.3) is 0 Å². The van der Waals surface area contributed by atoms with Crippen LogP contribution in [0.4, 0.5) is 5.82 Å². The molecule has 0 saturated carbocycles. The van der Waals surface area contributed by atoms with Crippen LogP contribution in [0.5, 0.6) is 0 Å². The molecule has 1 aliphatic heterocycles. The molecule has 0 radical (unpaired) electrons. The Labute approximate surface area is 107 Å². The molecule has 98 valence electrons. The molecule has 1 saturated heterocycles. The molecule has 18 heavy (non-hydrogen) atoms. The fourth-order valence-corrected chi connectivity index (χ4v) is 2.02. The monoisotopic (exact) mass is 249 g/mol. The van der Waals surface area contributed by atoms with Gasteiger partial charge in [0.25, 0.3) is 5.91 Å². The van der Waals surface area contributed by atoms with Crippen molar-refractivity contribution < 1.29 is 9.53 Å². The van der Waals surface area contributed by atoms with E-state index in [1.165, 1.54) is 0 Å². The number of anilines is 1. The molecular weight excluding hydrogens is 230 g/mol. The van der Waals surface area contributed by atoms with Gasteiger partial charge in [0.15, 0.2) is 0 Å². The molecule has 1 aromatic heterocycles. The predicted octanol–water partition coefficient (Wildman–Crippen LogP) is 1.42. The van der Waals surface area contributed by atoms with E-state index < -0.39 is 0 Å². The lowest BCUT2D eigenvalue weighted by Gasteiger charge is -2.16. The van der Waals surface area contributed by atoms with Gasteiger partial charge in [-0.25, -0.2) is 4.98 Å². The van der Waals surface area contributed by atoms with Gasteiger partial charge in [0.05, 0.1) is 12.1 Å². The van der Waals surface area contributed by atoms with Crippen molar-refractivity contribution in [3.63, 3.8) is 0 Å². The fourth-order valence-electron chi connectivity index (χ4n) is 2.02. The first-order valence-corrected chi connectivity index (χ1v) is 6.33. The van der Waals surface area contributed by atoms with E-state index >= 15 is 0 Å². The molecule has 1 aromatic rings. The maximum absolute atomic E-state index is 12.1. The Morgan fingerprint density at radius 3 is 3.11 bits per heavy atom. The molecule has 5 heteroatoms. The summed E-state index contributed by atoms with van der Waals surface area (Å²) in [5.41, 5.74) is 0.625. The molecule has 2 N–H and O–H groups in total. The highest BCUT2D eigenvalue weighted by Gasteiger charge is 2.25. The van der Waals surface area contributed by atoms with Gasteiger partial charge >= 0.3 is 0 Å². The summed E-state index contributed by atoms with van der Waals surface area (Å²) in [6.07, 6.45) is 2.60. The number of carbonyl (C=O) groups is 1. The number of rotatable bonds is 4. The van der Waals surface area contributed by atoms with Gasteiger partial charge in [0.1, 0.15) is 5.82 Å². The van der Waals surface area contributed by atoms with Gasteiger partial charge in [0.2, 0.25) is 0 Å². The number of nitrogens with one attached hydrogen (secondary N) is 2. The number of carbonyl (C=O) groups excluding carboxylic acids is 1. The normalized spacial score (nSPS) is 22.8. The summed E-state index contributed by atoms with van der Waals surface area (Å²) in [5, 5.41) is 6.08. The first-order valence-electron chi connectivity index (χ1n) is 6.33. The zero-order valence-corrected chi connectivity index (χ0v) is 10.8. The van der Waals surface area contributed by atoms with Crippen LogP contribution in [0, 0.1) is 0 Å². The molecule has 2 heterocycles. The van der Waals surface area contributed by atoms with Crippen molar-refractivity contribution in [2.45, 2.75) is 32.4 Å². The Balaban J connectivity index is 2.01. The largest absolute Gasteiger partial charge is 0.376 e. The molecule has 1 aliphatic rings. The third-order valence-electron chi connectivity index (χ3n) is 3.07. The molecule has 0 aliphatic carbocycles. The maximum Gasteiger partial charge on any atom is 0.251 e. The summed E-state index contributed by atoms with van der Waals surface area (Å²) < 4.78 is 5.43. The lowest BCUT2D eigenvalue weighted by Crippen LogP contribution is -2.39. The Morgan fingerprint density at radius 1 is 1.61 bits per heavy atom. The van der Waals surface area contributed by atoms with Crippen molar-refractivity contribution >= 4 is 11.7 Å². The van der Waals surface area contributed by atoms with Crippen molar-refractivity contribution in [3.8, 4) is 0 Å². The Bertz CT molecular complexity index is 422. The highest BCUT2D eigenvalue weighted by atomic mass is 16.5. The summed E-state index contributed by atoms with van der Waals surface area (Å²) in [7, 11) is 0. The average molecular weight is 249 g/mol. The van der Waals surface area contributed by atoms with E-state index in [2.05, 4.69) is 15.6 Å². The molecule has 2 atom stereocenters. The summed E-state index contributed by atoms with van der Waals surface area (Å²) >= 11 is 0. The number of nitrogens with zero attached hydrogens (tertiary/aromatic N) is 1. The van der Waals surface area contributed by atoms with Gasteiger partial charge < -0.3 is 15.4 Å². The fraction of sp³-hybridized carbons (Fsp3) is 0.538. The first kappa shape index (κ1) is 12.8. The van der Waals surface area contributed by atoms with Gasteiger partial charge in [0, 0.05) is 24.9 Å². The maximum atomic E-state index is 12.1. The second-order valence-corrected chi connectivity index (χ2v) is 4.40. The van der Waals surface area contributed by atoms with Gasteiger partial charge in [-0.2, -0.15) is 0 Å². The number of pyridine rings is 1. The van der Waals surface area contributed by atoms with Crippen LogP contribution < -0.4 is 10.6 Å². The molecule has 0 spiro atoms. The van der Waals surface area contributed by atoms with Gasteiger partial charge in [-0.05, 0) is 32.4 Å². The van der Waals surface area contributed by atoms with Crippen LogP contribution in [0.1, 0.15) is 30.6 Å². The van der Waals surface area contributed by atoms with Crippen LogP contribution in [0.2, 0.25) is 0 Å². The SMILES string of the molecule is CCNc1cc(C(=O)NC2CCOC2C)ccn1. The van der Waals surface area contributed by atoms with E-state index in [1.807, 2.05) is 13.8 Å². The summed E-state index contributed by atoms with van der Waals surface area (Å²) in [4.78, 5) is 16.2. The highest BCUT2D eigenvalue weighted by molar-refractivity contribution is 5.95. The van der Waals surface area contributed by atoms with Crippen molar-refractivity contribution in [2.75, 3.05) is 18.5 Å². The van der Waals surface area contributed by atoms with Crippen molar-refractivity contribution in [2.24, 2.45) is 0 Å². The van der Waals surface area contributed by atoms with Crippen molar-refractivity contribution in [3.05, 3.63) is 23.9 Å². The zero-order valence-electron chi connectivity index (χ0n) is 10.8. The van der Waals surface area contributed by atoms with E-state index in [0.29, 0.717) is 12.2 Å². The molecular formula is C13H19N3O2. The molecule has 1 amide bonds. The predicted molar refractivity (Wildman–Crippen MR) is 69.7 cm³/mol. The zero-order chi connectivity index (χ0) is 13.0. The van der Waals surface area contributed by atoms with Crippen LogP contribution in [-0.2, 0) is 4.74 Å². The Hall–Kier alpha value is -1.62. The van der Waals surface area contributed by atoms with Crippen LogP contribution in [0.3, 0.4) is 0 Å². The van der Waals surface area contributed by atoms with Crippen LogP contribution in [0.15, 0.2) is 18.3 Å². The minimum atomic E-state index is -0.0705. The van der Waals surface area contributed by atoms with Crippen molar-refractivity contribution in [1.82, 2.24) is 10.3 Å². The number of hydrogen-bond donors (Lipinski definition) is 2.